The highest BCUT2D eigenvalue weighted by molar-refractivity contribution is 5.08. The lowest BCUT2D eigenvalue weighted by atomic mass is 9.71. The van der Waals surface area contributed by atoms with Gasteiger partial charge < -0.3 is 0 Å². The van der Waals surface area contributed by atoms with E-state index in [9.17, 15) is 0 Å². The summed E-state index contributed by atoms with van der Waals surface area (Å²) in [7, 11) is 0. The lowest BCUT2D eigenvalue weighted by molar-refractivity contribution is 0.191. The van der Waals surface area contributed by atoms with Crippen LogP contribution in [0.4, 0.5) is 0 Å². The molecule has 0 heteroatoms. The Balaban J connectivity index is 2.31. The molecule has 2 aliphatic carbocycles. The lowest BCUT2D eigenvalue weighted by Crippen LogP contribution is -2.25. The second kappa shape index (κ2) is 2.62. The maximum absolute atomic E-state index is 2.46. The molecule has 2 rings (SSSR count). The summed E-state index contributed by atoms with van der Waals surface area (Å²) in [5, 5.41) is 0. The summed E-state index contributed by atoms with van der Waals surface area (Å²) < 4.78 is 0. The van der Waals surface area contributed by atoms with Gasteiger partial charge in [-0.15, -0.1) is 0 Å². The van der Waals surface area contributed by atoms with Crippen molar-refractivity contribution < 1.29 is 0 Å². The van der Waals surface area contributed by atoms with Crippen molar-refractivity contribution in [2.45, 2.75) is 47.0 Å². The topological polar surface area (TPSA) is 0 Å². The van der Waals surface area contributed by atoms with E-state index in [0.29, 0.717) is 10.8 Å². The minimum atomic E-state index is 0.568. The van der Waals surface area contributed by atoms with E-state index >= 15 is 0 Å². The van der Waals surface area contributed by atoms with Gasteiger partial charge in [0.15, 0.2) is 0 Å². The van der Waals surface area contributed by atoms with Crippen molar-refractivity contribution in [3.63, 3.8) is 0 Å². The number of hydrogen-bond acceptors (Lipinski definition) is 0. The fourth-order valence-electron chi connectivity index (χ4n) is 3.98. The van der Waals surface area contributed by atoms with Crippen LogP contribution in [0.15, 0.2) is 12.2 Å². The van der Waals surface area contributed by atoms with Gasteiger partial charge in [0.05, 0.1) is 0 Å². The molecule has 0 aromatic heterocycles. The minimum Gasteiger partial charge on any atom is -0.0882 e. The Morgan fingerprint density at radius 1 is 0.846 bits per heavy atom. The summed E-state index contributed by atoms with van der Waals surface area (Å²) >= 11 is 0. The highest BCUT2D eigenvalue weighted by Crippen LogP contribution is 2.60. The third-order valence-electron chi connectivity index (χ3n) is 4.35. The first-order valence-electron chi connectivity index (χ1n) is 5.58. The Morgan fingerprint density at radius 2 is 1.23 bits per heavy atom. The van der Waals surface area contributed by atoms with Crippen LogP contribution in [0.5, 0.6) is 0 Å². The van der Waals surface area contributed by atoms with Gasteiger partial charge in [-0.3, -0.25) is 0 Å². The largest absolute Gasteiger partial charge is 0.0882 e. The van der Waals surface area contributed by atoms with Gasteiger partial charge in [-0.1, -0.05) is 39.8 Å². The molecule has 2 atom stereocenters. The standard InChI is InChI=1S/C13H22/c1-12(2)9-13(3,4)11-8-6-5-7-10(11)12/h5-6,10-11H,7-9H2,1-4H3. The summed E-state index contributed by atoms with van der Waals surface area (Å²) in [5.41, 5.74) is 1.14. The molecule has 0 aliphatic heterocycles. The fourth-order valence-corrected chi connectivity index (χ4v) is 3.98. The Morgan fingerprint density at radius 3 is 1.62 bits per heavy atom. The molecule has 0 amide bonds. The van der Waals surface area contributed by atoms with Crippen molar-refractivity contribution in [3.8, 4) is 0 Å². The first-order valence-corrected chi connectivity index (χ1v) is 5.58. The zero-order valence-corrected chi connectivity index (χ0v) is 9.43. The third-order valence-corrected chi connectivity index (χ3v) is 4.35. The molecular weight excluding hydrogens is 156 g/mol. The average Bonchev–Trinajstić information content (AvgIpc) is 2.20. The van der Waals surface area contributed by atoms with E-state index in [1.807, 2.05) is 0 Å². The van der Waals surface area contributed by atoms with Crippen molar-refractivity contribution >= 4 is 0 Å². The first kappa shape index (κ1) is 9.30. The van der Waals surface area contributed by atoms with Crippen LogP contribution in [0.2, 0.25) is 0 Å². The number of rotatable bonds is 0. The van der Waals surface area contributed by atoms with Crippen LogP contribution in [0.1, 0.15) is 47.0 Å². The molecule has 0 spiro atoms. The Bertz CT molecular complexity index is 208. The molecule has 0 radical (unpaired) electrons. The van der Waals surface area contributed by atoms with Gasteiger partial charge in [-0.05, 0) is 41.9 Å². The number of fused-ring (bicyclic) bond motifs is 1. The average molecular weight is 178 g/mol. The van der Waals surface area contributed by atoms with E-state index in [0.717, 1.165) is 11.8 Å². The molecule has 74 valence electrons. The molecule has 13 heavy (non-hydrogen) atoms. The van der Waals surface area contributed by atoms with Gasteiger partial charge in [0, 0.05) is 0 Å². The summed E-state index contributed by atoms with van der Waals surface area (Å²) in [6.45, 7) is 9.83. The monoisotopic (exact) mass is 178 g/mol. The summed E-state index contributed by atoms with van der Waals surface area (Å²) in [6.07, 6.45) is 8.83. The number of hydrogen-bond donors (Lipinski definition) is 0. The van der Waals surface area contributed by atoms with Crippen molar-refractivity contribution in [3.05, 3.63) is 12.2 Å². The van der Waals surface area contributed by atoms with Gasteiger partial charge in [0.25, 0.3) is 0 Å². The maximum Gasteiger partial charge on any atom is -0.0291 e. The predicted molar refractivity (Wildman–Crippen MR) is 57.5 cm³/mol. The predicted octanol–water partition coefficient (Wildman–Crippen LogP) is 4.02. The second-order valence-corrected chi connectivity index (χ2v) is 6.31. The highest BCUT2D eigenvalue weighted by atomic mass is 14.6. The summed E-state index contributed by atoms with van der Waals surface area (Å²) in [4.78, 5) is 0. The van der Waals surface area contributed by atoms with Crippen LogP contribution in [0, 0.1) is 22.7 Å². The van der Waals surface area contributed by atoms with E-state index in [-0.39, 0.29) is 0 Å². The SMILES string of the molecule is CC1(C)CC(C)(C)C2CC=CCC21. The summed E-state index contributed by atoms with van der Waals surface area (Å²) in [6, 6.07) is 0. The Kier molecular flexibility index (Phi) is 1.87. The molecule has 0 bridgehead atoms. The van der Waals surface area contributed by atoms with Gasteiger partial charge in [0.1, 0.15) is 0 Å². The molecule has 1 saturated carbocycles. The zero-order chi connectivity index (χ0) is 9.69. The zero-order valence-electron chi connectivity index (χ0n) is 9.43. The molecule has 0 N–H and O–H groups in total. The lowest BCUT2D eigenvalue weighted by Gasteiger charge is -2.33. The van der Waals surface area contributed by atoms with Gasteiger partial charge in [0.2, 0.25) is 0 Å². The molecule has 2 unspecified atom stereocenters. The normalized spacial score (nSPS) is 40.3. The molecule has 1 fully saturated rings. The van der Waals surface area contributed by atoms with E-state index in [1.54, 1.807) is 0 Å². The van der Waals surface area contributed by atoms with E-state index in [4.69, 9.17) is 0 Å². The van der Waals surface area contributed by atoms with Crippen LogP contribution < -0.4 is 0 Å². The third kappa shape index (κ3) is 1.35. The Hall–Kier alpha value is -0.260. The quantitative estimate of drug-likeness (QED) is 0.491. The fraction of sp³-hybridized carbons (Fsp3) is 0.846. The highest BCUT2D eigenvalue weighted by Gasteiger charge is 2.51. The Labute approximate surface area is 82.4 Å². The molecular formula is C13H22. The van der Waals surface area contributed by atoms with E-state index < -0.39 is 0 Å². The van der Waals surface area contributed by atoms with Gasteiger partial charge >= 0.3 is 0 Å². The van der Waals surface area contributed by atoms with Gasteiger partial charge in [-0.2, -0.15) is 0 Å². The van der Waals surface area contributed by atoms with Crippen molar-refractivity contribution in [1.29, 1.82) is 0 Å². The molecule has 0 aromatic rings. The smallest absolute Gasteiger partial charge is 0.0291 e. The molecule has 0 nitrogen and oxygen atoms in total. The number of allylic oxidation sites excluding steroid dienone is 2. The first-order chi connectivity index (χ1) is 5.93. The second-order valence-electron chi connectivity index (χ2n) is 6.31. The van der Waals surface area contributed by atoms with E-state index in [1.165, 1.54) is 19.3 Å². The van der Waals surface area contributed by atoms with Crippen molar-refractivity contribution in [2.24, 2.45) is 22.7 Å². The van der Waals surface area contributed by atoms with Crippen molar-refractivity contribution in [1.82, 2.24) is 0 Å². The minimum absolute atomic E-state index is 0.568. The van der Waals surface area contributed by atoms with Crippen molar-refractivity contribution in [2.75, 3.05) is 0 Å². The van der Waals surface area contributed by atoms with Crippen LogP contribution in [-0.2, 0) is 0 Å². The molecule has 2 aliphatic rings. The van der Waals surface area contributed by atoms with E-state index in [2.05, 4.69) is 39.8 Å². The van der Waals surface area contributed by atoms with Crippen LogP contribution in [0.3, 0.4) is 0 Å². The van der Waals surface area contributed by atoms with Crippen LogP contribution in [0.25, 0.3) is 0 Å². The van der Waals surface area contributed by atoms with Gasteiger partial charge in [-0.25, -0.2) is 0 Å². The summed E-state index contributed by atoms with van der Waals surface area (Å²) in [5.74, 6) is 1.87. The van der Waals surface area contributed by atoms with Crippen LogP contribution >= 0.6 is 0 Å². The molecule has 0 heterocycles. The molecule has 0 saturated heterocycles. The van der Waals surface area contributed by atoms with Crippen LogP contribution in [-0.4, -0.2) is 0 Å². The molecule has 0 aromatic carbocycles. The maximum atomic E-state index is 2.46.